The van der Waals surface area contributed by atoms with Crippen molar-refractivity contribution in [2.75, 3.05) is 0 Å². The average Bonchev–Trinajstić information content (AvgIpc) is 2.69. The summed E-state index contributed by atoms with van der Waals surface area (Å²) in [5.74, 6) is 0.303. The van der Waals surface area contributed by atoms with Gasteiger partial charge >= 0.3 is 0 Å². The molecule has 0 heterocycles. The zero-order valence-electron chi connectivity index (χ0n) is 13.8. The molecule has 0 aliphatic carbocycles. The van der Waals surface area contributed by atoms with Crippen LogP contribution in [0.15, 0.2) is 103 Å². The van der Waals surface area contributed by atoms with Crippen molar-refractivity contribution in [2.45, 2.75) is 0 Å². The molecule has 0 bridgehead atoms. The number of phenolic OH excluding ortho intramolecular Hbond substituents is 1. The van der Waals surface area contributed by atoms with Crippen LogP contribution < -0.4 is 0 Å². The maximum Gasteiger partial charge on any atom is 0.123 e. The fourth-order valence-electron chi connectivity index (χ4n) is 3.09. The van der Waals surface area contributed by atoms with E-state index in [4.69, 9.17) is 0 Å². The molecule has 0 unspecified atom stereocenters. The lowest BCUT2D eigenvalue weighted by atomic mass is 9.96. The van der Waals surface area contributed by atoms with Crippen molar-refractivity contribution in [3.63, 3.8) is 0 Å². The van der Waals surface area contributed by atoms with Gasteiger partial charge in [-0.1, -0.05) is 84.9 Å². The average molecular weight is 322 g/mol. The summed E-state index contributed by atoms with van der Waals surface area (Å²) in [6.07, 6.45) is 0. The van der Waals surface area contributed by atoms with E-state index in [2.05, 4.69) is 60.7 Å². The van der Waals surface area contributed by atoms with Crippen LogP contribution in [0.5, 0.6) is 5.75 Å². The van der Waals surface area contributed by atoms with Crippen LogP contribution in [-0.2, 0) is 0 Å². The zero-order chi connectivity index (χ0) is 17.1. The monoisotopic (exact) mass is 322 g/mol. The van der Waals surface area contributed by atoms with Gasteiger partial charge in [-0.3, -0.25) is 0 Å². The third kappa shape index (κ3) is 3.17. The maximum absolute atomic E-state index is 10.1. The van der Waals surface area contributed by atoms with Crippen molar-refractivity contribution in [3.05, 3.63) is 103 Å². The van der Waals surface area contributed by atoms with Crippen molar-refractivity contribution in [3.8, 4) is 39.1 Å². The number of hydrogen-bond acceptors (Lipinski definition) is 1. The van der Waals surface area contributed by atoms with Gasteiger partial charge in [0, 0.05) is 5.56 Å². The lowest BCUT2D eigenvalue weighted by molar-refractivity contribution is 0.477. The summed E-state index contributed by atoms with van der Waals surface area (Å²) in [6, 6.07) is 34.7. The van der Waals surface area contributed by atoms with E-state index in [1.54, 1.807) is 6.07 Å². The summed E-state index contributed by atoms with van der Waals surface area (Å²) in [5, 5.41) is 10.1. The summed E-state index contributed by atoms with van der Waals surface area (Å²) in [5.41, 5.74) is 6.58. The lowest BCUT2D eigenvalue weighted by Crippen LogP contribution is -1.83. The summed E-state index contributed by atoms with van der Waals surface area (Å²) in [7, 11) is 0. The summed E-state index contributed by atoms with van der Waals surface area (Å²) < 4.78 is 0. The second kappa shape index (κ2) is 6.66. The molecule has 0 aromatic heterocycles. The molecule has 1 heteroatoms. The molecule has 0 spiro atoms. The highest BCUT2D eigenvalue weighted by molar-refractivity contribution is 5.78. The minimum absolute atomic E-state index is 0.303. The fourth-order valence-corrected chi connectivity index (χ4v) is 3.09. The van der Waals surface area contributed by atoms with Gasteiger partial charge in [0.2, 0.25) is 0 Å². The van der Waals surface area contributed by atoms with Gasteiger partial charge in [0.1, 0.15) is 5.75 Å². The minimum Gasteiger partial charge on any atom is -0.507 e. The van der Waals surface area contributed by atoms with Crippen LogP contribution in [0.1, 0.15) is 0 Å². The third-order valence-electron chi connectivity index (χ3n) is 4.38. The summed E-state index contributed by atoms with van der Waals surface area (Å²) in [6.45, 7) is 0. The molecule has 0 atom stereocenters. The second-order valence-electron chi connectivity index (χ2n) is 6.04. The van der Waals surface area contributed by atoms with E-state index in [0.717, 1.165) is 16.7 Å². The SMILES string of the molecule is Oc1ccccc1-c1cccc(-c2cccc(-c3ccccc3)c2)c1. The highest BCUT2D eigenvalue weighted by Gasteiger charge is 2.06. The van der Waals surface area contributed by atoms with Crippen molar-refractivity contribution >= 4 is 0 Å². The van der Waals surface area contributed by atoms with Crippen LogP contribution in [0.25, 0.3) is 33.4 Å². The molecular formula is C24H18O. The molecule has 0 radical (unpaired) electrons. The first-order valence-corrected chi connectivity index (χ1v) is 8.35. The molecule has 0 saturated carbocycles. The predicted octanol–water partition coefficient (Wildman–Crippen LogP) is 6.39. The molecule has 0 fully saturated rings. The maximum atomic E-state index is 10.1. The van der Waals surface area contributed by atoms with Crippen molar-refractivity contribution in [1.29, 1.82) is 0 Å². The molecule has 4 aromatic rings. The van der Waals surface area contributed by atoms with Crippen molar-refractivity contribution in [1.82, 2.24) is 0 Å². The highest BCUT2D eigenvalue weighted by Crippen LogP contribution is 2.32. The Labute approximate surface area is 147 Å². The first kappa shape index (κ1) is 15.2. The van der Waals surface area contributed by atoms with E-state index in [1.807, 2.05) is 36.4 Å². The van der Waals surface area contributed by atoms with Crippen LogP contribution >= 0.6 is 0 Å². The van der Waals surface area contributed by atoms with E-state index in [1.165, 1.54) is 16.7 Å². The van der Waals surface area contributed by atoms with E-state index in [-0.39, 0.29) is 0 Å². The van der Waals surface area contributed by atoms with E-state index < -0.39 is 0 Å². The quantitative estimate of drug-likeness (QED) is 0.463. The Balaban J connectivity index is 1.76. The van der Waals surface area contributed by atoms with Gasteiger partial charge < -0.3 is 5.11 Å². The van der Waals surface area contributed by atoms with Crippen molar-refractivity contribution in [2.24, 2.45) is 0 Å². The molecule has 120 valence electrons. The summed E-state index contributed by atoms with van der Waals surface area (Å²) in [4.78, 5) is 0. The molecule has 0 saturated heterocycles. The van der Waals surface area contributed by atoms with E-state index in [9.17, 15) is 5.11 Å². The molecule has 1 nitrogen and oxygen atoms in total. The van der Waals surface area contributed by atoms with E-state index >= 15 is 0 Å². The van der Waals surface area contributed by atoms with Crippen LogP contribution in [0, 0.1) is 0 Å². The van der Waals surface area contributed by atoms with Crippen molar-refractivity contribution < 1.29 is 5.11 Å². The number of aromatic hydroxyl groups is 1. The first-order chi connectivity index (χ1) is 12.3. The first-order valence-electron chi connectivity index (χ1n) is 8.35. The second-order valence-corrected chi connectivity index (χ2v) is 6.04. The molecule has 0 amide bonds. The highest BCUT2D eigenvalue weighted by atomic mass is 16.3. The van der Waals surface area contributed by atoms with Gasteiger partial charge in [-0.05, 0) is 46.0 Å². The smallest absolute Gasteiger partial charge is 0.123 e. The van der Waals surface area contributed by atoms with Gasteiger partial charge in [-0.25, -0.2) is 0 Å². The van der Waals surface area contributed by atoms with Gasteiger partial charge in [-0.15, -0.1) is 0 Å². The number of para-hydroxylation sites is 1. The molecule has 25 heavy (non-hydrogen) atoms. The number of phenols is 1. The molecule has 0 aliphatic heterocycles. The zero-order valence-corrected chi connectivity index (χ0v) is 13.8. The normalized spacial score (nSPS) is 10.6. The fraction of sp³-hybridized carbons (Fsp3) is 0. The topological polar surface area (TPSA) is 20.2 Å². The van der Waals surface area contributed by atoms with Crippen LogP contribution in [0.4, 0.5) is 0 Å². The number of hydrogen-bond donors (Lipinski definition) is 1. The Kier molecular flexibility index (Phi) is 4.05. The molecule has 1 N–H and O–H groups in total. The molecule has 4 aromatic carbocycles. The largest absolute Gasteiger partial charge is 0.507 e. The number of benzene rings is 4. The Morgan fingerprint density at radius 1 is 0.400 bits per heavy atom. The van der Waals surface area contributed by atoms with Gasteiger partial charge in [-0.2, -0.15) is 0 Å². The molecule has 4 rings (SSSR count). The van der Waals surface area contributed by atoms with Crippen LogP contribution in [0.3, 0.4) is 0 Å². The lowest BCUT2D eigenvalue weighted by Gasteiger charge is -2.09. The van der Waals surface area contributed by atoms with Gasteiger partial charge in [0.25, 0.3) is 0 Å². The molecule has 0 aliphatic rings. The Morgan fingerprint density at radius 3 is 1.56 bits per heavy atom. The van der Waals surface area contributed by atoms with Gasteiger partial charge in [0.05, 0.1) is 0 Å². The van der Waals surface area contributed by atoms with Crippen LogP contribution in [-0.4, -0.2) is 5.11 Å². The standard InChI is InChI=1S/C24H18O/c25-24-15-5-4-14-23(24)22-13-7-12-21(17-22)20-11-6-10-19(16-20)18-8-2-1-3-9-18/h1-17,25H. The van der Waals surface area contributed by atoms with E-state index in [0.29, 0.717) is 5.75 Å². The Bertz CT molecular complexity index is 1000. The van der Waals surface area contributed by atoms with Gasteiger partial charge in [0.15, 0.2) is 0 Å². The predicted molar refractivity (Wildman–Crippen MR) is 104 cm³/mol. The minimum atomic E-state index is 0.303. The van der Waals surface area contributed by atoms with Crippen LogP contribution in [0.2, 0.25) is 0 Å². The summed E-state index contributed by atoms with van der Waals surface area (Å²) >= 11 is 0. The third-order valence-corrected chi connectivity index (χ3v) is 4.38. The molecular weight excluding hydrogens is 304 g/mol. The number of rotatable bonds is 3. The Morgan fingerprint density at radius 2 is 0.880 bits per heavy atom. The Hall–Kier alpha value is -3.32.